The third kappa shape index (κ3) is 1.53. The van der Waals surface area contributed by atoms with Gasteiger partial charge in [-0.1, -0.05) is 5.16 Å². The molecule has 102 valence electrons. The molecule has 0 fully saturated rings. The summed E-state index contributed by atoms with van der Waals surface area (Å²) in [6.07, 6.45) is 2.10. The number of fused-ring (bicyclic) bond motifs is 1. The van der Waals surface area contributed by atoms with E-state index in [2.05, 4.69) is 9.68 Å². The molecule has 2 heterocycles. The topological polar surface area (TPSA) is 118 Å². The Labute approximate surface area is 112 Å². The van der Waals surface area contributed by atoms with Gasteiger partial charge in [0, 0.05) is 0 Å². The third-order valence-corrected chi connectivity index (χ3v) is 4.57. The summed E-state index contributed by atoms with van der Waals surface area (Å²) in [4.78, 5) is 22.7. The zero-order valence-corrected chi connectivity index (χ0v) is 10.5. The van der Waals surface area contributed by atoms with Gasteiger partial charge in [-0.05, 0) is 18.2 Å². The zero-order chi connectivity index (χ0) is 14.5. The number of carboxylic acid groups (broad SMARTS) is 1. The third-order valence-electron chi connectivity index (χ3n) is 2.82. The molecule has 20 heavy (non-hydrogen) atoms. The smallest absolute Gasteiger partial charge is 0.335 e. The van der Waals surface area contributed by atoms with Gasteiger partial charge in [0.2, 0.25) is 0 Å². The monoisotopic (exact) mass is 294 g/mol. The Hall–Kier alpha value is -2.68. The normalized spacial score (nSPS) is 16.2. The summed E-state index contributed by atoms with van der Waals surface area (Å²) in [6, 6.07) is 3.30. The molecule has 2 aromatic rings. The molecule has 1 amide bonds. The fourth-order valence-electron chi connectivity index (χ4n) is 1.92. The number of hydrogen-bond donors (Lipinski definition) is 1. The predicted molar refractivity (Wildman–Crippen MR) is 63.9 cm³/mol. The van der Waals surface area contributed by atoms with Gasteiger partial charge in [0.05, 0.1) is 17.3 Å². The van der Waals surface area contributed by atoms with Crippen LogP contribution in [-0.4, -0.2) is 30.6 Å². The van der Waals surface area contributed by atoms with Gasteiger partial charge in [0.15, 0.2) is 0 Å². The maximum atomic E-state index is 12.3. The molecule has 3 rings (SSSR count). The van der Waals surface area contributed by atoms with Gasteiger partial charge in [-0.15, -0.1) is 0 Å². The summed E-state index contributed by atoms with van der Waals surface area (Å²) in [5.74, 6) is -2.06. The molecule has 0 saturated carbocycles. The molecular formula is C11H6N2O6S. The molecule has 9 heteroatoms. The van der Waals surface area contributed by atoms with Gasteiger partial charge in [-0.2, -0.15) is 4.31 Å². The summed E-state index contributed by atoms with van der Waals surface area (Å²) in [6.45, 7) is 0. The van der Waals surface area contributed by atoms with Crippen LogP contribution in [0.5, 0.6) is 0 Å². The SMILES string of the molecule is O=C(O)c1ccc2c(c1)S(=O)(=O)N(c1cnoc1)C2=O. The molecule has 1 aliphatic rings. The Balaban J connectivity index is 2.24. The minimum atomic E-state index is -4.15. The number of rotatable bonds is 2. The highest BCUT2D eigenvalue weighted by Crippen LogP contribution is 2.34. The van der Waals surface area contributed by atoms with E-state index in [9.17, 15) is 18.0 Å². The van der Waals surface area contributed by atoms with Crippen molar-refractivity contribution in [3.63, 3.8) is 0 Å². The second-order valence-electron chi connectivity index (χ2n) is 3.97. The Bertz CT molecular complexity index is 825. The Kier molecular flexibility index (Phi) is 2.41. The van der Waals surface area contributed by atoms with Crippen molar-refractivity contribution in [3.8, 4) is 0 Å². The Morgan fingerprint density at radius 3 is 2.70 bits per heavy atom. The van der Waals surface area contributed by atoms with Crippen molar-refractivity contribution in [2.45, 2.75) is 4.90 Å². The van der Waals surface area contributed by atoms with Crippen molar-refractivity contribution in [2.24, 2.45) is 0 Å². The fourth-order valence-corrected chi connectivity index (χ4v) is 3.51. The quantitative estimate of drug-likeness (QED) is 0.866. The van der Waals surface area contributed by atoms with Crippen LogP contribution in [0.2, 0.25) is 0 Å². The van der Waals surface area contributed by atoms with E-state index in [-0.39, 0.29) is 21.7 Å². The number of amides is 1. The molecule has 0 spiro atoms. The number of carboxylic acids is 1. The summed E-state index contributed by atoms with van der Waals surface area (Å²) in [5, 5.41) is 12.2. The van der Waals surface area contributed by atoms with E-state index in [4.69, 9.17) is 5.11 Å². The molecule has 0 aliphatic carbocycles. The van der Waals surface area contributed by atoms with Crippen LogP contribution < -0.4 is 4.31 Å². The van der Waals surface area contributed by atoms with Crippen LogP contribution in [0.4, 0.5) is 5.69 Å². The summed E-state index contributed by atoms with van der Waals surface area (Å²) >= 11 is 0. The van der Waals surface area contributed by atoms with Crippen LogP contribution in [-0.2, 0) is 10.0 Å². The maximum absolute atomic E-state index is 12.3. The largest absolute Gasteiger partial charge is 0.478 e. The lowest BCUT2D eigenvalue weighted by molar-refractivity contribution is 0.0696. The van der Waals surface area contributed by atoms with Crippen molar-refractivity contribution in [2.75, 3.05) is 4.31 Å². The summed E-state index contributed by atoms with van der Waals surface area (Å²) in [7, 11) is -4.15. The first kappa shape index (κ1) is 12.4. The van der Waals surface area contributed by atoms with E-state index in [1.165, 1.54) is 12.1 Å². The number of aromatic nitrogens is 1. The summed E-state index contributed by atoms with van der Waals surface area (Å²) in [5.41, 5.74) is -0.341. The van der Waals surface area contributed by atoms with E-state index < -0.39 is 21.9 Å². The van der Waals surface area contributed by atoms with Gasteiger partial charge >= 0.3 is 5.97 Å². The number of benzene rings is 1. The van der Waals surface area contributed by atoms with Crippen molar-refractivity contribution < 1.29 is 27.6 Å². The highest BCUT2D eigenvalue weighted by molar-refractivity contribution is 7.94. The molecule has 8 nitrogen and oxygen atoms in total. The van der Waals surface area contributed by atoms with E-state index in [0.29, 0.717) is 4.31 Å². The minimum Gasteiger partial charge on any atom is -0.478 e. The number of sulfonamides is 1. The molecule has 0 saturated heterocycles. The van der Waals surface area contributed by atoms with E-state index >= 15 is 0 Å². The lowest BCUT2D eigenvalue weighted by Gasteiger charge is -2.10. The van der Waals surface area contributed by atoms with Crippen LogP contribution in [0.25, 0.3) is 0 Å². The molecule has 1 aromatic heterocycles. The number of carbonyl (C=O) groups is 2. The minimum absolute atomic E-state index is 0.0388. The van der Waals surface area contributed by atoms with Gasteiger partial charge < -0.3 is 9.63 Å². The second kappa shape index (κ2) is 3.90. The van der Waals surface area contributed by atoms with Crippen molar-refractivity contribution >= 4 is 27.6 Å². The number of anilines is 1. The second-order valence-corrected chi connectivity index (χ2v) is 5.73. The van der Waals surface area contributed by atoms with Crippen LogP contribution in [0.3, 0.4) is 0 Å². The first-order valence-corrected chi connectivity index (χ1v) is 6.73. The van der Waals surface area contributed by atoms with Crippen LogP contribution in [0.15, 0.2) is 40.1 Å². The zero-order valence-electron chi connectivity index (χ0n) is 9.68. The Morgan fingerprint density at radius 2 is 2.10 bits per heavy atom. The molecule has 1 aliphatic heterocycles. The molecule has 0 bridgehead atoms. The van der Waals surface area contributed by atoms with Gasteiger partial charge in [-0.25, -0.2) is 13.2 Å². The maximum Gasteiger partial charge on any atom is 0.335 e. The number of carbonyl (C=O) groups excluding carboxylic acids is 1. The van der Waals surface area contributed by atoms with Crippen LogP contribution >= 0.6 is 0 Å². The molecule has 0 radical (unpaired) electrons. The Morgan fingerprint density at radius 1 is 1.35 bits per heavy atom. The first-order chi connectivity index (χ1) is 9.43. The number of aromatic carboxylic acids is 1. The van der Waals surface area contributed by atoms with Gasteiger partial charge in [0.1, 0.15) is 16.8 Å². The molecule has 0 atom stereocenters. The molecule has 1 aromatic carbocycles. The molecule has 1 N–H and O–H groups in total. The average Bonchev–Trinajstić information content (AvgIpc) is 2.96. The summed E-state index contributed by atoms with van der Waals surface area (Å²) < 4.78 is 29.7. The standard InChI is InChI=1S/C11H6N2O6S/c14-10-8-2-1-6(11(15)16)3-9(8)20(17,18)13(10)7-4-12-19-5-7/h1-5H,(H,15,16). The fraction of sp³-hybridized carbons (Fsp3) is 0. The predicted octanol–water partition coefficient (Wildman–Crippen LogP) is 0.722. The van der Waals surface area contributed by atoms with Crippen molar-refractivity contribution in [1.82, 2.24) is 5.16 Å². The van der Waals surface area contributed by atoms with E-state index in [0.717, 1.165) is 18.5 Å². The highest BCUT2D eigenvalue weighted by Gasteiger charge is 2.43. The van der Waals surface area contributed by atoms with Gasteiger partial charge in [-0.3, -0.25) is 4.79 Å². The van der Waals surface area contributed by atoms with Crippen molar-refractivity contribution in [1.29, 1.82) is 0 Å². The molecule has 0 unspecified atom stereocenters. The number of hydrogen-bond acceptors (Lipinski definition) is 6. The van der Waals surface area contributed by atoms with Crippen molar-refractivity contribution in [3.05, 3.63) is 41.8 Å². The van der Waals surface area contributed by atoms with Crippen LogP contribution in [0, 0.1) is 0 Å². The molecular weight excluding hydrogens is 288 g/mol. The van der Waals surface area contributed by atoms with E-state index in [1.807, 2.05) is 0 Å². The lowest BCUT2D eigenvalue weighted by atomic mass is 10.1. The van der Waals surface area contributed by atoms with Gasteiger partial charge in [0.25, 0.3) is 15.9 Å². The first-order valence-electron chi connectivity index (χ1n) is 5.29. The number of nitrogens with zero attached hydrogens (tertiary/aromatic N) is 2. The average molecular weight is 294 g/mol. The lowest BCUT2D eigenvalue weighted by Crippen LogP contribution is -2.29. The van der Waals surface area contributed by atoms with E-state index in [1.54, 1.807) is 0 Å². The van der Waals surface area contributed by atoms with Crippen LogP contribution in [0.1, 0.15) is 20.7 Å². The highest BCUT2D eigenvalue weighted by atomic mass is 32.2.